The summed E-state index contributed by atoms with van der Waals surface area (Å²) in [4.78, 5) is 1.77. The fourth-order valence-corrected chi connectivity index (χ4v) is 2.27. The van der Waals surface area contributed by atoms with E-state index in [0.717, 1.165) is 6.07 Å². The monoisotopic (exact) mass is 273 g/mol. The quantitative estimate of drug-likeness (QED) is 0.744. The van der Waals surface area contributed by atoms with Gasteiger partial charge in [0.1, 0.15) is 0 Å². The van der Waals surface area contributed by atoms with Crippen molar-refractivity contribution in [2.75, 3.05) is 19.6 Å². The van der Waals surface area contributed by atoms with E-state index in [4.69, 9.17) is 0 Å². The number of aliphatic hydroxyl groups is 3. The molecule has 4 nitrogen and oxygen atoms in total. The second-order valence-electron chi connectivity index (χ2n) is 4.84. The van der Waals surface area contributed by atoms with Crippen LogP contribution in [0.1, 0.15) is 18.1 Å². The normalized spacial score (nSPS) is 25.7. The van der Waals surface area contributed by atoms with E-state index in [9.17, 15) is 24.1 Å². The summed E-state index contributed by atoms with van der Waals surface area (Å²) in [5.41, 5.74) is -0.0692. The van der Waals surface area contributed by atoms with Gasteiger partial charge in [-0.05, 0) is 12.5 Å². The number of rotatable bonds is 4. The summed E-state index contributed by atoms with van der Waals surface area (Å²) in [7, 11) is 0. The van der Waals surface area contributed by atoms with Crippen molar-refractivity contribution in [1.29, 1.82) is 0 Å². The van der Waals surface area contributed by atoms with E-state index in [-0.39, 0.29) is 12.0 Å². The highest BCUT2D eigenvalue weighted by Crippen LogP contribution is 2.23. The largest absolute Gasteiger partial charge is 0.389 e. The average molecular weight is 273 g/mol. The van der Waals surface area contributed by atoms with Crippen molar-refractivity contribution in [2.24, 2.45) is 0 Å². The van der Waals surface area contributed by atoms with Gasteiger partial charge in [0.25, 0.3) is 0 Å². The lowest BCUT2D eigenvalue weighted by atomic mass is 10.1. The summed E-state index contributed by atoms with van der Waals surface area (Å²) in [5.74, 6) is -2.01. The molecule has 3 unspecified atom stereocenters. The molecule has 3 N–H and O–H groups in total. The Hall–Kier alpha value is -1.08. The van der Waals surface area contributed by atoms with Crippen LogP contribution < -0.4 is 0 Å². The summed E-state index contributed by atoms with van der Waals surface area (Å²) >= 11 is 0. The minimum atomic E-state index is -1.11. The van der Waals surface area contributed by atoms with Crippen LogP contribution in [-0.2, 0) is 0 Å². The summed E-state index contributed by atoms with van der Waals surface area (Å²) in [6.07, 6.45) is -2.48. The Bertz CT molecular complexity index is 434. The van der Waals surface area contributed by atoms with Gasteiger partial charge in [-0.1, -0.05) is 12.1 Å². The molecule has 0 spiro atoms. The fourth-order valence-electron chi connectivity index (χ4n) is 2.27. The van der Waals surface area contributed by atoms with Gasteiger partial charge in [-0.25, -0.2) is 8.78 Å². The predicted molar refractivity (Wildman–Crippen MR) is 64.4 cm³/mol. The van der Waals surface area contributed by atoms with E-state index in [1.54, 1.807) is 4.90 Å². The number of β-amino-alcohol motifs (C(OH)–C–C–N with tert-alkyl or cyclic N) is 2. The third kappa shape index (κ3) is 3.27. The highest BCUT2D eigenvalue weighted by atomic mass is 19.2. The highest BCUT2D eigenvalue weighted by Gasteiger charge is 2.29. The lowest BCUT2D eigenvalue weighted by molar-refractivity contribution is 0.0572. The van der Waals surface area contributed by atoms with Gasteiger partial charge in [-0.2, -0.15) is 0 Å². The zero-order valence-electron chi connectivity index (χ0n) is 10.3. The van der Waals surface area contributed by atoms with Crippen LogP contribution in [0.25, 0.3) is 0 Å². The molecule has 1 aromatic rings. The molecule has 19 heavy (non-hydrogen) atoms. The molecule has 0 saturated carbocycles. The molecule has 0 amide bonds. The average Bonchev–Trinajstić information content (AvgIpc) is 2.69. The maximum Gasteiger partial charge on any atom is 0.164 e. The second-order valence-corrected chi connectivity index (χ2v) is 4.84. The van der Waals surface area contributed by atoms with Gasteiger partial charge in [-0.3, -0.25) is 4.90 Å². The first-order valence-electron chi connectivity index (χ1n) is 6.19. The highest BCUT2D eigenvalue weighted by molar-refractivity contribution is 5.21. The third-order valence-corrected chi connectivity index (χ3v) is 3.39. The molecule has 106 valence electrons. The maximum absolute atomic E-state index is 13.4. The Morgan fingerprint density at radius 2 is 1.84 bits per heavy atom. The Balaban J connectivity index is 1.91. The number of hydrogen-bond donors (Lipinski definition) is 3. The number of benzene rings is 1. The van der Waals surface area contributed by atoms with Gasteiger partial charge in [0.15, 0.2) is 11.6 Å². The van der Waals surface area contributed by atoms with Crippen molar-refractivity contribution >= 4 is 0 Å². The maximum atomic E-state index is 13.4. The van der Waals surface area contributed by atoms with Gasteiger partial charge in [0, 0.05) is 25.2 Å². The number of hydrogen-bond acceptors (Lipinski definition) is 4. The SMILES string of the molecule is OC(CCN1CC(O)C(O)C1)c1cccc(F)c1F. The van der Waals surface area contributed by atoms with E-state index in [1.807, 2.05) is 0 Å². The number of likely N-dealkylation sites (tertiary alicyclic amines) is 1. The minimum absolute atomic E-state index is 0.0692. The molecule has 1 fully saturated rings. The van der Waals surface area contributed by atoms with E-state index in [2.05, 4.69) is 0 Å². The van der Waals surface area contributed by atoms with E-state index >= 15 is 0 Å². The van der Waals surface area contributed by atoms with Crippen molar-refractivity contribution in [3.63, 3.8) is 0 Å². The minimum Gasteiger partial charge on any atom is -0.389 e. The van der Waals surface area contributed by atoms with Crippen molar-refractivity contribution in [1.82, 2.24) is 4.90 Å². The standard InChI is InChI=1S/C13H17F2NO3/c14-9-3-1-2-8(13(9)15)10(17)4-5-16-6-11(18)12(19)7-16/h1-3,10-12,17-19H,4-7H2. The Morgan fingerprint density at radius 3 is 2.47 bits per heavy atom. The van der Waals surface area contributed by atoms with Crippen molar-refractivity contribution in [3.8, 4) is 0 Å². The molecular formula is C13H17F2NO3. The molecule has 1 aromatic carbocycles. The van der Waals surface area contributed by atoms with Crippen molar-refractivity contribution in [2.45, 2.75) is 24.7 Å². The number of halogens is 2. The third-order valence-electron chi connectivity index (χ3n) is 3.39. The first kappa shape index (κ1) is 14.3. The number of aliphatic hydroxyl groups excluding tert-OH is 3. The fraction of sp³-hybridized carbons (Fsp3) is 0.538. The van der Waals surface area contributed by atoms with Crippen LogP contribution in [-0.4, -0.2) is 52.1 Å². The first-order chi connectivity index (χ1) is 8.99. The van der Waals surface area contributed by atoms with Gasteiger partial charge in [-0.15, -0.1) is 0 Å². The van der Waals surface area contributed by atoms with Crippen LogP contribution in [0, 0.1) is 11.6 Å². The molecule has 2 rings (SSSR count). The van der Waals surface area contributed by atoms with Crippen LogP contribution in [0.5, 0.6) is 0 Å². The molecule has 0 radical (unpaired) electrons. The van der Waals surface area contributed by atoms with Gasteiger partial charge in [0.2, 0.25) is 0 Å². The molecule has 1 aliphatic heterocycles. The summed E-state index contributed by atoms with van der Waals surface area (Å²) in [6, 6.07) is 3.69. The number of nitrogens with zero attached hydrogens (tertiary/aromatic N) is 1. The molecule has 1 aliphatic rings. The molecule has 1 heterocycles. The van der Waals surface area contributed by atoms with E-state index in [0.29, 0.717) is 19.6 Å². The zero-order valence-corrected chi connectivity index (χ0v) is 10.3. The van der Waals surface area contributed by atoms with Crippen molar-refractivity contribution in [3.05, 3.63) is 35.4 Å². The summed E-state index contributed by atoms with van der Waals surface area (Å²) in [5, 5.41) is 28.6. The molecule has 0 aromatic heterocycles. The van der Waals surface area contributed by atoms with E-state index < -0.39 is 29.9 Å². The first-order valence-corrected chi connectivity index (χ1v) is 6.19. The molecule has 3 atom stereocenters. The lowest BCUT2D eigenvalue weighted by Gasteiger charge is -2.18. The van der Waals surface area contributed by atoms with Crippen LogP contribution in [0.4, 0.5) is 8.78 Å². The smallest absolute Gasteiger partial charge is 0.164 e. The summed E-state index contributed by atoms with van der Waals surface area (Å²) in [6.45, 7) is 1.03. The van der Waals surface area contributed by atoms with Gasteiger partial charge < -0.3 is 15.3 Å². The Labute approximate surface area is 109 Å². The van der Waals surface area contributed by atoms with E-state index in [1.165, 1.54) is 12.1 Å². The molecule has 0 bridgehead atoms. The topological polar surface area (TPSA) is 63.9 Å². The zero-order chi connectivity index (χ0) is 14.0. The van der Waals surface area contributed by atoms with Gasteiger partial charge >= 0.3 is 0 Å². The summed E-state index contributed by atoms with van der Waals surface area (Å²) < 4.78 is 26.5. The van der Waals surface area contributed by atoms with Crippen LogP contribution >= 0.6 is 0 Å². The van der Waals surface area contributed by atoms with Crippen LogP contribution in [0.15, 0.2) is 18.2 Å². The molecular weight excluding hydrogens is 256 g/mol. The Morgan fingerprint density at radius 1 is 1.21 bits per heavy atom. The van der Waals surface area contributed by atoms with Crippen LogP contribution in [0.2, 0.25) is 0 Å². The molecule has 1 saturated heterocycles. The predicted octanol–water partition coefficient (Wildman–Crippen LogP) is 0.426. The lowest BCUT2D eigenvalue weighted by Crippen LogP contribution is -2.24. The van der Waals surface area contributed by atoms with Gasteiger partial charge in [0.05, 0.1) is 18.3 Å². The Kier molecular flexibility index (Phi) is 4.46. The second kappa shape index (κ2) is 5.92. The molecule has 0 aliphatic carbocycles. The van der Waals surface area contributed by atoms with Crippen molar-refractivity contribution < 1.29 is 24.1 Å². The van der Waals surface area contributed by atoms with Crippen LogP contribution in [0.3, 0.4) is 0 Å². The molecule has 6 heteroatoms.